The molecule has 3 nitrogen and oxygen atoms in total. The van der Waals surface area contributed by atoms with Crippen LogP contribution in [0.5, 0.6) is 5.06 Å². The van der Waals surface area contributed by atoms with Gasteiger partial charge in [0, 0.05) is 6.92 Å². The number of rotatable bonds is 2. The molecular formula is C8H9NO2S. The van der Waals surface area contributed by atoms with Gasteiger partial charge in [0.2, 0.25) is 0 Å². The van der Waals surface area contributed by atoms with E-state index in [1.807, 2.05) is 0 Å². The van der Waals surface area contributed by atoms with Gasteiger partial charge in [0.1, 0.15) is 0 Å². The molecule has 0 fully saturated rings. The van der Waals surface area contributed by atoms with Crippen LogP contribution in [0, 0.1) is 5.41 Å². The summed E-state index contributed by atoms with van der Waals surface area (Å²) in [4.78, 5) is 11.5. The van der Waals surface area contributed by atoms with Crippen LogP contribution in [-0.4, -0.2) is 11.7 Å². The van der Waals surface area contributed by atoms with Crippen molar-refractivity contribution in [1.29, 1.82) is 5.41 Å². The maximum atomic E-state index is 10.8. The molecular weight excluding hydrogens is 174 g/mol. The first-order valence-corrected chi connectivity index (χ1v) is 4.25. The van der Waals surface area contributed by atoms with E-state index >= 15 is 0 Å². The number of carbonyl (C=O) groups is 1. The number of carbonyl (C=O) groups excluding carboxylic acids is 1. The Morgan fingerprint density at radius 1 is 1.50 bits per heavy atom. The van der Waals surface area contributed by atoms with Crippen LogP contribution >= 0.6 is 11.3 Å². The third-order valence-corrected chi connectivity index (χ3v) is 2.25. The molecule has 1 heterocycles. The Morgan fingerprint density at radius 2 is 2.17 bits per heavy atom. The standard InChI is InChI=1S/C8H9NO2S/c1-5(10)7-3-4-8(12-7)11-6(2)9/h3-4,9H,1-2H3. The molecule has 0 saturated carbocycles. The van der Waals surface area contributed by atoms with E-state index in [0.717, 1.165) is 0 Å². The molecule has 0 radical (unpaired) electrons. The fourth-order valence-corrected chi connectivity index (χ4v) is 1.51. The van der Waals surface area contributed by atoms with E-state index in [2.05, 4.69) is 0 Å². The van der Waals surface area contributed by atoms with Crippen molar-refractivity contribution in [2.45, 2.75) is 13.8 Å². The van der Waals surface area contributed by atoms with E-state index in [0.29, 0.717) is 9.94 Å². The quantitative estimate of drug-likeness (QED) is 0.434. The summed E-state index contributed by atoms with van der Waals surface area (Å²) in [6, 6.07) is 3.39. The van der Waals surface area contributed by atoms with Gasteiger partial charge in [-0.25, -0.2) is 0 Å². The minimum atomic E-state index is 0.0254. The summed E-state index contributed by atoms with van der Waals surface area (Å²) in [6.45, 7) is 3.06. The van der Waals surface area contributed by atoms with Crippen molar-refractivity contribution in [1.82, 2.24) is 0 Å². The summed E-state index contributed by atoms with van der Waals surface area (Å²) >= 11 is 1.26. The summed E-state index contributed by atoms with van der Waals surface area (Å²) < 4.78 is 4.99. The highest BCUT2D eigenvalue weighted by atomic mass is 32.1. The molecule has 0 bridgehead atoms. The summed E-state index contributed by atoms with van der Waals surface area (Å²) in [6.07, 6.45) is 0. The Balaban J connectivity index is 2.77. The van der Waals surface area contributed by atoms with Crippen LogP contribution in [0.1, 0.15) is 23.5 Å². The van der Waals surface area contributed by atoms with Gasteiger partial charge in [0.25, 0.3) is 0 Å². The summed E-state index contributed by atoms with van der Waals surface area (Å²) in [5.41, 5.74) is 0. The van der Waals surface area contributed by atoms with Gasteiger partial charge in [-0.15, -0.1) is 0 Å². The zero-order valence-electron chi connectivity index (χ0n) is 6.88. The zero-order chi connectivity index (χ0) is 9.14. The number of nitrogens with one attached hydrogen (secondary N) is 1. The van der Waals surface area contributed by atoms with Crippen molar-refractivity contribution in [2.24, 2.45) is 0 Å². The SMILES string of the molecule is CC(=N)Oc1ccc(C(C)=O)s1. The molecule has 0 aromatic carbocycles. The number of hydrogen-bond acceptors (Lipinski definition) is 4. The van der Waals surface area contributed by atoms with E-state index < -0.39 is 0 Å². The van der Waals surface area contributed by atoms with Gasteiger partial charge in [-0.3, -0.25) is 10.2 Å². The van der Waals surface area contributed by atoms with Crippen LogP contribution in [0.3, 0.4) is 0 Å². The van der Waals surface area contributed by atoms with Crippen LogP contribution < -0.4 is 4.74 Å². The Labute approximate surface area is 74.5 Å². The zero-order valence-corrected chi connectivity index (χ0v) is 7.70. The highest BCUT2D eigenvalue weighted by molar-refractivity contribution is 7.15. The molecule has 0 aliphatic rings. The first-order valence-electron chi connectivity index (χ1n) is 3.43. The normalized spacial score (nSPS) is 9.50. The van der Waals surface area contributed by atoms with Gasteiger partial charge >= 0.3 is 0 Å². The molecule has 64 valence electrons. The second-order valence-corrected chi connectivity index (χ2v) is 3.38. The summed E-state index contributed by atoms with van der Waals surface area (Å²) in [5.74, 6) is 0.157. The van der Waals surface area contributed by atoms with Crippen LogP contribution in [0.25, 0.3) is 0 Å². The van der Waals surface area contributed by atoms with Gasteiger partial charge in [-0.05, 0) is 19.1 Å². The Hall–Kier alpha value is -1.16. The van der Waals surface area contributed by atoms with Crippen molar-refractivity contribution in [2.75, 3.05) is 0 Å². The second kappa shape index (κ2) is 3.49. The monoisotopic (exact) mass is 183 g/mol. The molecule has 0 aliphatic heterocycles. The van der Waals surface area contributed by atoms with Crippen LogP contribution in [-0.2, 0) is 0 Å². The number of thiophene rings is 1. The first-order chi connectivity index (χ1) is 5.59. The largest absolute Gasteiger partial charge is 0.433 e. The van der Waals surface area contributed by atoms with Gasteiger partial charge in [0.05, 0.1) is 4.88 Å². The molecule has 0 saturated heterocycles. The molecule has 12 heavy (non-hydrogen) atoms. The Bertz CT molecular complexity index is 317. The van der Waals surface area contributed by atoms with Crippen molar-refractivity contribution in [3.63, 3.8) is 0 Å². The van der Waals surface area contributed by atoms with Crippen LogP contribution in [0.4, 0.5) is 0 Å². The van der Waals surface area contributed by atoms with Crippen molar-refractivity contribution in [3.05, 3.63) is 17.0 Å². The summed E-state index contributed by atoms with van der Waals surface area (Å²) in [7, 11) is 0. The van der Waals surface area contributed by atoms with Crippen molar-refractivity contribution in [3.8, 4) is 5.06 Å². The number of Topliss-reactive ketones (excluding diaryl/α,β-unsaturated/α-hetero) is 1. The smallest absolute Gasteiger partial charge is 0.185 e. The predicted octanol–water partition coefficient (Wildman–Crippen LogP) is 2.33. The van der Waals surface area contributed by atoms with Crippen LogP contribution in [0.2, 0.25) is 0 Å². The lowest BCUT2D eigenvalue weighted by molar-refractivity contribution is 0.102. The molecule has 0 spiro atoms. The lowest BCUT2D eigenvalue weighted by Crippen LogP contribution is -1.97. The van der Waals surface area contributed by atoms with Crippen molar-refractivity contribution < 1.29 is 9.53 Å². The molecule has 1 aromatic rings. The fourth-order valence-electron chi connectivity index (χ4n) is 0.715. The molecule has 1 aromatic heterocycles. The molecule has 1 N–H and O–H groups in total. The van der Waals surface area contributed by atoms with E-state index in [1.54, 1.807) is 19.1 Å². The maximum Gasteiger partial charge on any atom is 0.185 e. The Kier molecular flexibility index (Phi) is 2.60. The minimum absolute atomic E-state index is 0.0254. The average Bonchev–Trinajstić information content (AvgIpc) is 2.34. The lowest BCUT2D eigenvalue weighted by atomic mass is 10.4. The minimum Gasteiger partial charge on any atom is -0.433 e. The third kappa shape index (κ3) is 2.17. The maximum absolute atomic E-state index is 10.8. The molecule has 0 unspecified atom stereocenters. The van der Waals surface area contributed by atoms with E-state index in [9.17, 15) is 4.79 Å². The molecule has 0 atom stereocenters. The van der Waals surface area contributed by atoms with Crippen LogP contribution in [0.15, 0.2) is 12.1 Å². The van der Waals surface area contributed by atoms with E-state index in [1.165, 1.54) is 18.3 Å². The van der Waals surface area contributed by atoms with Gasteiger partial charge in [-0.1, -0.05) is 11.3 Å². The van der Waals surface area contributed by atoms with Gasteiger partial charge in [-0.2, -0.15) is 0 Å². The average molecular weight is 183 g/mol. The number of hydrogen-bond donors (Lipinski definition) is 1. The number of ketones is 1. The Morgan fingerprint density at radius 3 is 2.58 bits per heavy atom. The first kappa shape index (κ1) is 8.93. The molecule has 1 rings (SSSR count). The van der Waals surface area contributed by atoms with E-state index in [4.69, 9.17) is 10.1 Å². The van der Waals surface area contributed by atoms with Gasteiger partial charge < -0.3 is 4.74 Å². The van der Waals surface area contributed by atoms with Crippen molar-refractivity contribution >= 4 is 23.0 Å². The lowest BCUT2D eigenvalue weighted by Gasteiger charge is -1.95. The molecule has 4 heteroatoms. The summed E-state index contributed by atoms with van der Waals surface area (Å²) in [5, 5.41) is 7.64. The third-order valence-electron chi connectivity index (χ3n) is 1.18. The highest BCUT2D eigenvalue weighted by Crippen LogP contribution is 2.24. The highest BCUT2D eigenvalue weighted by Gasteiger charge is 2.04. The van der Waals surface area contributed by atoms with E-state index in [-0.39, 0.29) is 11.7 Å². The number of ether oxygens (including phenoxy) is 1. The second-order valence-electron chi connectivity index (χ2n) is 2.33. The molecule has 0 amide bonds. The fraction of sp³-hybridized carbons (Fsp3) is 0.250. The topological polar surface area (TPSA) is 50.1 Å². The predicted molar refractivity (Wildman–Crippen MR) is 48.4 cm³/mol. The molecule has 0 aliphatic carbocycles. The van der Waals surface area contributed by atoms with Gasteiger partial charge in [0.15, 0.2) is 16.7 Å².